The largest absolute Gasteiger partial charge is 0.350 e. The lowest BCUT2D eigenvalue weighted by Gasteiger charge is -2.37. The molecule has 11 heteroatoms. The van der Waals surface area contributed by atoms with E-state index in [-0.39, 0.29) is 23.9 Å². The van der Waals surface area contributed by atoms with Gasteiger partial charge in [-0.1, -0.05) is 13.8 Å². The summed E-state index contributed by atoms with van der Waals surface area (Å²) in [6.07, 6.45) is 6.21. The number of anilines is 3. The molecule has 5 N–H and O–H groups in total. The van der Waals surface area contributed by atoms with Crippen LogP contribution in [0.1, 0.15) is 82.7 Å². The molecule has 3 aliphatic rings. The molecule has 0 radical (unpaired) electrons. The Bertz CT molecular complexity index is 1190. The number of fused-ring (bicyclic) bond motifs is 1. The summed E-state index contributed by atoms with van der Waals surface area (Å²) in [6, 6.07) is 1.60. The van der Waals surface area contributed by atoms with Gasteiger partial charge in [-0.15, -0.1) is 0 Å². The minimum Gasteiger partial charge on any atom is -0.350 e. The summed E-state index contributed by atoms with van der Waals surface area (Å²) in [7, 11) is 0. The van der Waals surface area contributed by atoms with Crippen molar-refractivity contribution in [3.8, 4) is 0 Å². The molecule has 38 heavy (non-hydrogen) atoms. The van der Waals surface area contributed by atoms with Crippen molar-refractivity contribution >= 4 is 29.4 Å². The Labute approximate surface area is 224 Å². The Morgan fingerprint density at radius 2 is 1.92 bits per heavy atom. The average molecular weight is 524 g/mol. The van der Waals surface area contributed by atoms with Gasteiger partial charge in [0.05, 0.1) is 11.2 Å². The zero-order valence-corrected chi connectivity index (χ0v) is 23.0. The first-order valence-corrected chi connectivity index (χ1v) is 14.0. The lowest BCUT2D eigenvalue weighted by atomic mass is 10.00. The molecule has 1 aliphatic carbocycles. The van der Waals surface area contributed by atoms with Crippen LogP contribution >= 0.6 is 0 Å². The number of carbonyl (C=O) groups excluding carboxylic acids is 2. The van der Waals surface area contributed by atoms with Crippen LogP contribution in [0.2, 0.25) is 0 Å². The quantitative estimate of drug-likeness (QED) is 0.433. The molecule has 2 saturated heterocycles. The number of hydrogen-bond donors (Lipinski definition) is 4. The van der Waals surface area contributed by atoms with Gasteiger partial charge in [-0.3, -0.25) is 14.7 Å². The van der Waals surface area contributed by atoms with Gasteiger partial charge in [-0.05, 0) is 64.7 Å². The normalized spacial score (nSPS) is 21.6. The summed E-state index contributed by atoms with van der Waals surface area (Å²) in [6.45, 7) is 9.59. The molecule has 0 bridgehead atoms. The fourth-order valence-corrected chi connectivity index (χ4v) is 5.73. The molecule has 206 valence electrons. The van der Waals surface area contributed by atoms with Crippen LogP contribution in [-0.4, -0.2) is 74.1 Å². The van der Waals surface area contributed by atoms with E-state index < -0.39 is 5.54 Å². The maximum atomic E-state index is 13.5. The second-order valence-electron chi connectivity index (χ2n) is 11.8. The van der Waals surface area contributed by atoms with Gasteiger partial charge in [0.2, 0.25) is 17.8 Å². The van der Waals surface area contributed by atoms with Gasteiger partial charge in [0.25, 0.3) is 0 Å². The lowest BCUT2D eigenvalue weighted by Crippen LogP contribution is -2.58. The second kappa shape index (κ2) is 10.5. The minimum absolute atomic E-state index is 0.0266. The first-order chi connectivity index (χ1) is 18.1. The number of nitrogens with one attached hydrogen (secondary N) is 3. The van der Waals surface area contributed by atoms with Gasteiger partial charge < -0.3 is 26.2 Å². The van der Waals surface area contributed by atoms with Crippen molar-refractivity contribution in [2.24, 2.45) is 5.73 Å². The van der Waals surface area contributed by atoms with Crippen molar-refractivity contribution in [3.05, 3.63) is 23.0 Å². The van der Waals surface area contributed by atoms with Gasteiger partial charge in [0.1, 0.15) is 11.9 Å². The number of amides is 2. The summed E-state index contributed by atoms with van der Waals surface area (Å²) in [4.78, 5) is 39.8. The van der Waals surface area contributed by atoms with Crippen LogP contribution in [0.4, 0.5) is 17.6 Å². The van der Waals surface area contributed by atoms with Crippen LogP contribution in [0.15, 0.2) is 6.07 Å². The Morgan fingerprint density at radius 3 is 2.66 bits per heavy atom. The molecule has 2 fully saturated rings. The topological polar surface area (TPSA) is 145 Å². The van der Waals surface area contributed by atoms with Crippen LogP contribution in [-0.2, 0) is 22.4 Å². The van der Waals surface area contributed by atoms with Crippen LogP contribution in [0.5, 0.6) is 0 Å². The van der Waals surface area contributed by atoms with E-state index in [1.54, 1.807) is 18.7 Å². The van der Waals surface area contributed by atoms with Crippen molar-refractivity contribution in [1.29, 1.82) is 0 Å². The maximum Gasteiger partial charge on any atom is 0.243 e. The number of aryl methyl sites for hydroxylation is 1. The Hall–Kier alpha value is -3.21. The highest BCUT2D eigenvalue weighted by Gasteiger charge is 2.37. The second-order valence-corrected chi connectivity index (χ2v) is 11.8. The summed E-state index contributed by atoms with van der Waals surface area (Å²) in [5.74, 6) is 2.35. The van der Waals surface area contributed by atoms with E-state index in [9.17, 15) is 9.59 Å². The third kappa shape index (κ3) is 5.48. The van der Waals surface area contributed by atoms with Crippen molar-refractivity contribution in [3.63, 3.8) is 0 Å². The van der Waals surface area contributed by atoms with Gasteiger partial charge in [0.15, 0.2) is 5.82 Å². The van der Waals surface area contributed by atoms with Crippen LogP contribution < -0.4 is 21.3 Å². The highest BCUT2D eigenvalue weighted by Crippen LogP contribution is 2.33. The van der Waals surface area contributed by atoms with Gasteiger partial charge >= 0.3 is 0 Å². The molecule has 11 nitrogen and oxygen atoms in total. The predicted octanol–water partition coefficient (Wildman–Crippen LogP) is 2.37. The number of rotatable bonds is 7. The first-order valence-electron chi connectivity index (χ1n) is 14.0. The first kappa shape index (κ1) is 26.4. The third-order valence-corrected chi connectivity index (χ3v) is 7.81. The summed E-state index contributed by atoms with van der Waals surface area (Å²) >= 11 is 0. The van der Waals surface area contributed by atoms with E-state index in [1.165, 1.54) is 0 Å². The SMILES string of the molecule is CC(C)c1cc(Nc2nc(N3CCC[C@H]3C(=O)N[C@H]3CCCN(C(=O)C(C)(C)N)C3)nc3c2CCC3)n[nH]1. The Morgan fingerprint density at radius 1 is 1.13 bits per heavy atom. The summed E-state index contributed by atoms with van der Waals surface area (Å²) in [5, 5.41) is 14.1. The number of nitrogens with zero attached hydrogens (tertiary/aromatic N) is 5. The molecular weight excluding hydrogens is 482 g/mol. The monoisotopic (exact) mass is 523 g/mol. The number of carbonyl (C=O) groups is 2. The summed E-state index contributed by atoms with van der Waals surface area (Å²) in [5.41, 5.74) is 8.37. The molecule has 5 rings (SSSR count). The van der Waals surface area contributed by atoms with Crippen molar-refractivity contribution < 1.29 is 9.59 Å². The molecule has 0 unspecified atom stereocenters. The van der Waals surface area contributed by atoms with Crippen LogP contribution in [0, 0.1) is 0 Å². The standard InChI is InChI=1S/C27H41N9O2/c1-16(2)20-14-22(34-33-20)31-23-18-9-5-10-19(18)30-26(32-23)36-13-7-11-21(36)24(37)29-17-8-6-12-35(15-17)25(38)27(3,4)28/h14,16-17,21H,5-13,15,28H2,1-4H3,(H,29,37)(H2,30,31,32,33,34)/t17-,21-/m0/s1. The number of hydrogen-bond acceptors (Lipinski definition) is 8. The molecule has 2 aromatic heterocycles. The van der Waals surface area contributed by atoms with Crippen molar-refractivity contribution in [2.75, 3.05) is 29.9 Å². The van der Waals surface area contributed by atoms with Crippen molar-refractivity contribution in [1.82, 2.24) is 30.4 Å². The number of likely N-dealkylation sites (tertiary alicyclic amines) is 1. The van der Waals surface area contributed by atoms with Gasteiger partial charge in [-0.2, -0.15) is 10.1 Å². The zero-order valence-electron chi connectivity index (χ0n) is 23.0. The molecule has 2 aliphatic heterocycles. The molecule has 4 heterocycles. The highest BCUT2D eigenvalue weighted by molar-refractivity contribution is 5.87. The zero-order chi connectivity index (χ0) is 27.0. The predicted molar refractivity (Wildman–Crippen MR) is 146 cm³/mol. The molecule has 2 amide bonds. The highest BCUT2D eigenvalue weighted by atomic mass is 16.2. The number of piperidine rings is 1. The van der Waals surface area contributed by atoms with Crippen LogP contribution in [0.25, 0.3) is 0 Å². The number of nitrogens with two attached hydrogens (primary N) is 1. The minimum atomic E-state index is -0.920. The third-order valence-electron chi connectivity index (χ3n) is 7.81. The van der Waals surface area contributed by atoms with Gasteiger partial charge in [0, 0.05) is 43.0 Å². The smallest absolute Gasteiger partial charge is 0.243 e. The Kier molecular flexibility index (Phi) is 7.30. The van der Waals surface area contributed by atoms with Gasteiger partial charge in [-0.25, -0.2) is 4.98 Å². The fourth-order valence-electron chi connectivity index (χ4n) is 5.73. The Balaban J connectivity index is 1.31. The molecule has 0 aromatic carbocycles. The molecule has 0 spiro atoms. The van der Waals surface area contributed by atoms with Crippen molar-refractivity contribution in [2.45, 2.75) is 96.2 Å². The van der Waals surface area contributed by atoms with E-state index >= 15 is 0 Å². The summed E-state index contributed by atoms with van der Waals surface area (Å²) < 4.78 is 0. The van der Waals surface area contributed by atoms with Crippen LogP contribution in [0.3, 0.4) is 0 Å². The van der Waals surface area contributed by atoms with E-state index in [4.69, 9.17) is 15.7 Å². The van der Waals surface area contributed by atoms with E-state index in [0.717, 1.165) is 80.1 Å². The number of H-pyrrole nitrogens is 1. The molecule has 0 saturated carbocycles. The molecule has 2 aromatic rings. The fraction of sp³-hybridized carbons (Fsp3) is 0.667. The number of aromatic amines is 1. The van der Waals surface area contributed by atoms with E-state index in [0.29, 0.717) is 25.0 Å². The number of aromatic nitrogens is 4. The van der Waals surface area contributed by atoms with E-state index in [2.05, 4.69) is 34.7 Å². The van der Waals surface area contributed by atoms with E-state index in [1.807, 2.05) is 11.0 Å². The average Bonchev–Trinajstić information content (AvgIpc) is 3.63. The maximum absolute atomic E-state index is 13.5. The lowest BCUT2D eigenvalue weighted by molar-refractivity contribution is -0.138. The molecule has 2 atom stereocenters. The molecular formula is C27H41N9O2.